The van der Waals surface area contributed by atoms with Crippen molar-refractivity contribution < 1.29 is 19.2 Å². The van der Waals surface area contributed by atoms with Crippen molar-refractivity contribution in [3.63, 3.8) is 0 Å². The van der Waals surface area contributed by atoms with E-state index < -0.39 is 4.92 Å². The summed E-state index contributed by atoms with van der Waals surface area (Å²) in [5.41, 5.74) is 0.398. The summed E-state index contributed by atoms with van der Waals surface area (Å²) in [5.74, 6) is -0.259. The summed E-state index contributed by atoms with van der Waals surface area (Å²) in [5, 5.41) is 18.9. The lowest BCUT2D eigenvalue weighted by Crippen LogP contribution is -2.25. The van der Waals surface area contributed by atoms with E-state index in [9.17, 15) is 19.7 Å². The van der Waals surface area contributed by atoms with E-state index in [1.165, 1.54) is 19.2 Å². The van der Waals surface area contributed by atoms with Crippen molar-refractivity contribution in [1.82, 2.24) is 5.32 Å². The van der Waals surface area contributed by atoms with Crippen LogP contribution >= 0.6 is 0 Å². The van der Waals surface area contributed by atoms with Gasteiger partial charge in [0, 0.05) is 20.0 Å². The summed E-state index contributed by atoms with van der Waals surface area (Å²) in [6.45, 7) is 0.0572. The highest BCUT2D eigenvalue weighted by molar-refractivity contribution is 5.96. The van der Waals surface area contributed by atoms with Crippen LogP contribution in [0.5, 0.6) is 5.75 Å². The summed E-state index contributed by atoms with van der Waals surface area (Å²) >= 11 is 0. The Morgan fingerprint density at radius 1 is 1.52 bits per heavy atom. The third-order valence-electron chi connectivity index (χ3n) is 2.87. The third kappa shape index (κ3) is 3.38. The second-order valence-corrected chi connectivity index (χ2v) is 4.31. The van der Waals surface area contributed by atoms with Crippen LogP contribution < -0.4 is 20.7 Å². The average molecular weight is 294 g/mol. The number of nitrogens with zero attached hydrogens (tertiary/aromatic N) is 1. The molecular weight excluding hydrogens is 280 g/mol. The van der Waals surface area contributed by atoms with Gasteiger partial charge >= 0.3 is 0 Å². The molecule has 0 atom stereocenters. The van der Waals surface area contributed by atoms with Crippen LogP contribution in [0.4, 0.5) is 17.1 Å². The van der Waals surface area contributed by atoms with Gasteiger partial charge in [-0.05, 0) is 6.07 Å². The van der Waals surface area contributed by atoms with Crippen LogP contribution in [0.25, 0.3) is 0 Å². The Morgan fingerprint density at radius 3 is 2.95 bits per heavy atom. The van der Waals surface area contributed by atoms with Gasteiger partial charge in [0.15, 0.2) is 12.4 Å². The number of carbonyl (C=O) groups excluding carboxylic acids is 2. The predicted molar refractivity (Wildman–Crippen MR) is 74.4 cm³/mol. The fraction of sp³-hybridized carbons (Fsp3) is 0.333. The minimum atomic E-state index is -0.553. The van der Waals surface area contributed by atoms with Gasteiger partial charge in [0.25, 0.3) is 11.6 Å². The summed E-state index contributed by atoms with van der Waals surface area (Å²) in [7, 11) is 1.51. The quantitative estimate of drug-likeness (QED) is 0.536. The molecule has 1 heterocycles. The number of carbonyl (C=O) groups is 2. The molecule has 0 bridgehead atoms. The molecule has 1 aromatic carbocycles. The Morgan fingerprint density at radius 2 is 2.29 bits per heavy atom. The third-order valence-corrected chi connectivity index (χ3v) is 2.87. The molecule has 0 aliphatic carbocycles. The van der Waals surface area contributed by atoms with Crippen molar-refractivity contribution in [2.45, 2.75) is 6.42 Å². The maximum Gasteiger partial charge on any atom is 0.296 e. The Kier molecular flexibility index (Phi) is 4.21. The van der Waals surface area contributed by atoms with Crippen molar-refractivity contribution in [3.8, 4) is 5.75 Å². The van der Waals surface area contributed by atoms with Crippen LogP contribution in [0.1, 0.15) is 6.42 Å². The molecule has 0 fully saturated rings. The van der Waals surface area contributed by atoms with Crippen molar-refractivity contribution in [1.29, 1.82) is 0 Å². The van der Waals surface area contributed by atoms with E-state index in [1.807, 2.05) is 0 Å². The van der Waals surface area contributed by atoms with E-state index in [4.69, 9.17) is 4.74 Å². The SMILES string of the molecule is CNC(=O)CCNc1cc2c(cc1[N+](=O)[O-])OCC(=O)N2. The lowest BCUT2D eigenvalue weighted by atomic mass is 10.2. The largest absolute Gasteiger partial charge is 0.481 e. The van der Waals surface area contributed by atoms with E-state index in [-0.39, 0.29) is 48.5 Å². The smallest absolute Gasteiger partial charge is 0.296 e. The molecule has 0 aromatic heterocycles. The number of nitro groups is 1. The van der Waals surface area contributed by atoms with E-state index in [0.29, 0.717) is 5.69 Å². The molecule has 3 N–H and O–H groups in total. The van der Waals surface area contributed by atoms with Gasteiger partial charge in [-0.1, -0.05) is 0 Å². The van der Waals surface area contributed by atoms with Crippen LogP contribution in [-0.4, -0.2) is 36.9 Å². The fourth-order valence-corrected chi connectivity index (χ4v) is 1.84. The first kappa shape index (κ1) is 14.6. The number of anilines is 2. The molecule has 0 saturated carbocycles. The topological polar surface area (TPSA) is 123 Å². The monoisotopic (exact) mass is 294 g/mol. The molecule has 1 aliphatic rings. The molecule has 112 valence electrons. The highest BCUT2D eigenvalue weighted by Crippen LogP contribution is 2.37. The standard InChI is InChI=1S/C12H14N4O5/c1-13-11(17)2-3-14-7-4-8-10(5-9(7)16(19)20)21-6-12(18)15-8/h4-5,14H,2-3,6H2,1H3,(H,13,17)(H,15,18). The number of rotatable bonds is 5. The number of nitro benzene ring substituents is 1. The number of amides is 2. The van der Waals surface area contributed by atoms with Crippen molar-refractivity contribution in [2.24, 2.45) is 0 Å². The molecule has 21 heavy (non-hydrogen) atoms. The fourth-order valence-electron chi connectivity index (χ4n) is 1.84. The molecule has 2 amide bonds. The molecule has 0 unspecified atom stereocenters. The maximum atomic E-state index is 11.3. The van der Waals surface area contributed by atoms with Gasteiger partial charge in [0.2, 0.25) is 5.91 Å². The van der Waals surface area contributed by atoms with Crippen molar-refractivity contribution in [2.75, 3.05) is 30.8 Å². The second kappa shape index (κ2) is 6.07. The summed E-state index contributed by atoms with van der Waals surface area (Å²) in [6, 6.07) is 2.67. The van der Waals surface area contributed by atoms with Crippen molar-refractivity contribution >= 4 is 28.9 Å². The van der Waals surface area contributed by atoms with Gasteiger partial charge in [-0.15, -0.1) is 0 Å². The molecule has 1 aromatic rings. The summed E-state index contributed by atoms with van der Waals surface area (Å²) in [4.78, 5) is 32.9. The second-order valence-electron chi connectivity index (χ2n) is 4.31. The molecule has 1 aliphatic heterocycles. The number of fused-ring (bicyclic) bond motifs is 1. The first-order chi connectivity index (χ1) is 10.0. The van der Waals surface area contributed by atoms with Crippen LogP contribution in [0, 0.1) is 10.1 Å². The van der Waals surface area contributed by atoms with Gasteiger partial charge in [-0.25, -0.2) is 0 Å². The minimum Gasteiger partial charge on any atom is -0.481 e. The van der Waals surface area contributed by atoms with Crippen LogP contribution in [0.2, 0.25) is 0 Å². The number of hydrogen-bond donors (Lipinski definition) is 3. The van der Waals surface area contributed by atoms with Gasteiger partial charge in [0.05, 0.1) is 16.7 Å². The molecule has 0 spiro atoms. The van der Waals surface area contributed by atoms with E-state index >= 15 is 0 Å². The Hall–Kier alpha value is -2.84. The molecular formula is C12H14N4O5. The first-order valence-electron chi connectivity index (χ1n) is 6.21. The van der Waals surface area contributed by atoms with E-state index in [2.05, 4.69) is 16.0 Å². The molecule has 9 heteroatoms. The Labute approximate surface area is 119 Å². The summed E-state index contributed by atoms with van der Waals surface area (Å²) < 4.78 is 5.13. The molecule has 0 saturated heterocycles. The van der Waals surface area contributed by atoms with Gasteiger partial charge in [-0.2, -0.15) is 0 Å². The van der Waals surface area contributed by atoms with Gasteiger partial charge in [0.1, 0.15) is 5.69 Å². The van der Waals surface area contributed by atoms with Gasteiger partial charge in [-0.3, -0.25) is 19.7 Å². The zero-order valence-corrected chi connectivity index (χ0v) is 11.3. The molecule has 9 nitrogen and oxygen atoms in total. The number of nitrogens with one attached hydrogen (secondary N) is 3. The van der Waals surface area contributed by atoms with Crippen LogP contribution in [-0.2, 0) is 9.59 Å². The molecule has 2 rings (SSSR count). The predicted octanol–water partition coefficient (Wildman–Crippen LogP) is 0.474. The Bertz CT molecular complexity index is 602. The summed E-state index contributed by atoms with van der Waals surface area (Å²) in [6.07, 6.45) is 0.174. The zero-order valence-electron chi connectivity index (χ0n) is 11.3. The lowest BCUT2D eigenvalue weighted by Gasteiger charge is -2.19. The van der Waals surface area contributed by atoms with E-state index in [1.54, 1.807) is 0 Å². The molecule has 0 radical (unpaired) electrons. The van der Waals surface area contributed by atoms with Gasteiger partial charge < -0.3 is 20.7 Å². The number of ether oxygens (including phenoxy) is 1. The first-order valence-corrected chi connectivity index (χ1v) is 6.21. The van der Waals surface area contributed by atoms with Crippen LogP contribution in [0.3, 0.4) is 0 Å². The number of benzene rings is 1. The number of hydrogen-bond acceptors (Lipinski definition) is 6. The maximum absolute atomic E-state index is 11.3. The lowest BCUT2D eigenvalue weighted by molar-refractivity contribution is -0.384. The van der Waals surface area contributed by atoms with Crippen molar-refractivity contribution in [3.05, 3.63) is 22.2 Å². The zero-order chi connectivity index (χ0) is 15.4. The average Bonchev–Trinajstić information content (AvgIpc) is 2.45. The Balaban J connectivity index is 2.21. The van der Waals surface area contributed by atoms with E-state index in [0.717, 1.165) is 0 Å². The highest BCUT2D eigenvalue weighted by Gasteiger charge is 2.23. The van der Waals surface area contributed by atoms with Crippen LogP contribution in [0.15, 0.2) is 12.1 Å². The normalized spacial score (nSPS) is 12.7. The highest BCUT2D eigenvalue weighted by atomic mass is 16.6. The minimum absolute atomic E-state index is 0.173.